The van der Waals surface area contributed by atoms with Gasteiger partial charge in [-0.15, -0.1) is 0 Å². The fourth-order valence-electron chi connectivity index (χ4n) is 3.53. The molecule has 0 radical (unpaired) electrons. The minimum atomic E-state index is -4.59. The molecule has 0 fully saturated rings. The SMILES string of the molecule is O=C1N=C(N(CCO)CCO)SC1=C(Cc1ncc(C(F)(F)F)cc1Cl)c1ccc2[nH]ncc2c1. The molecule has 1 amide bonds. The van der Waals surface area contributed by atoms with Gasteiger partial charge in [0.05, 0.1) is 46.1 Å². The summed E-state index contributed by atoms with van der Waals surface area (Å²) in [6.45, 7) is -0.0884. The lowest BCUT2D eigenvalue weighted by Crippen LogP contribution is -2.33. The number of aromatic nitrogens is 3. The molecule has 3 aromatic rings. The van der Waals surface area contributed by atoms with E-state index in [0.29, 0.717) is 22.5 Å². The summed E-state index contributed by atoms with van der Waals surface area (Å²) in [5.41, 5.74) is 1.06. The summed E-state index contributed by atoms with van der Waals surface area (Å²) >= 11 is 7.22. The number of amidine groups is 1. The van der Waals surface area contributed by atoms with Crippen LogP contribution >= 0.6 is 23.4 Å². The van der Waals surface area contributed by atoms with Crippen molar-refractivity contribution < 1.29 is 28.2 Å². The molecule has 1 aliphatic heterocycles. The molecule has 4 rings (SSSR count). The van der Waals surface area contributed by atoms with E-state index in [1.54, 1.807) is 29.3 Å². The Hall–Kier alpha value is -2.93. The van der Waals surface area contributed by atoms with E-state index in [0.717, 1.165) is 28.7 Å². The van der Waals surface area contributed by atoms with Gasteiger partial charge in [-0.1, -0.05) is 17.7 Å². The van der Waals surface area contributed by atoms with E-state index in [1.165, 1.54) is 0 Å². The van der Waals surface area contributed by atoms with Crippen LogP contribution in [0.5, 0.6) is 0 Å². The average molecular weight is 526 g/mol. The van der Waals surface area contributed by atoms with Crippen LogP contribution in [0.1, 0.15) is 16.8 Å². The van der Waals surface area contributed by atoms with Crippen LogP contribution in [0.15, 0.2) is 46.6 Å². The van der Waals surface area contributed by atoms with Crippen molar-refractivity contribution in [2.24, 2.45) is 4.99 Å². The number of fused-ring (bicyclic) bond motifs is 1. The van der Waals surface area contributed by atoms with Crippen LogP contribution < -0.4 is 0 Å². The number of H-pyrrole nitrogens is 1. The third-order valence-corrected chi connectivity index (χ3v) is 6.73. The molecule has 0 saturated heterocycles. The van der Waals surface area contributed by atoms with Crippen LogP contribution in [0, 0.1) is 0 Å². The number of benzene rings is 1. The highest BCUT2D eigenvalue weighted by Crippen LogP contribution is 2.38. The van der Waals surface area contributed by atoms with Crippen molar-refractivity contribution in [3.8, 4) is 0 Å². The smallest absolute Gasteiger partial charge is 0.395 e. The fourth-order valence-corrected chi connectivity index (χ4v) is 4.83. The number of rotatable bonds is 7. The van der Waals surface area contributed by atoms with Crippen molar-refractivity contribution in [2.75, 3.05) is 26.3 Å². The first-order valence-corrected chi connectivity index (χ1v) is 11.6. The van der Waals surface area contributed by atoms with Gasteiger partial charge in [0.2, 0.25) is 0 Å². The Morgan fingerprint density at radius 1 is 1.14 bits per heavy atom. The van der Waals surface area contributed by atoms with E-state index < -0.39 is 17.6 Å². The topological polar surface area (TPSA) is 115 Å². The van der Waals surface area contributed by atoms with E-state index >= 15 is 0 Å². The van der Waals surface area contributed by atoms with Crippen molar-refractivity contribution in [1.29, 1.82) is 0 Å². The van der Waals surface area contributed by atoms with Crippen LogP contribution in [0.25, 0.3) is 16.5 Å². The number of carbonyl (C=O) groups excluding carboxylic acids is 1. The number of aliphatic imine (C=N–C) groups is 1. The minimum Gasteiger partial charge on any atom is -0.395 e. The van der Waals surface area contributed by atoms with Gasteiger partial charge in [-0.25, -0.2) is 0 Å². The molecule has 184 valence electrons. The molecule has 3 N–H and O–H groups in total. The van der Waals surface area contributed by atoms with E-state index in [9.17, 15) is 28.2 Å². The lowest BCUT2D eigenvalue weighted by molar-refractivity contribution is -0.137. The van der Waals surface area contributed by atoms with E-state index in [2.05, 4.69) is 20.2 Å². The molecule has 3 heterocycles. The summed E-state index contributed by atoms with van der Waals surface area (Å²) in [6.07, 6.45) is -2.30. The number of aliphatic hydroxyl groups is 2. The number of nitrogens with one attached hydrogen (secondary N) is 1. The summed E-state index contributed by atoms with van der Waals surface area (Å²) < 4.78 is 39.2. The number of aliphatic hydroxyl groups excluding tert-OH is 2. The number of amides is 1. The van der Waals surface area contributed by atoms with E-state index in [1.807, 2.05) is 0 Å². The highest BCUT2D eigenvalue weighted by molar-refractivity contribution is 8.18. The van der Waals surface area contributed by atoms with Gasteiger partial charge in [-0.3, -0.25) is 14.9 Å². The lowest BCUT2D eigenvalue weighted by atomic mass is 9.98. The zero-order valence-electron chi connectivity index (χ0n) is 18.0. The summed E-state index contributed by atoms with van der Waals surface area (Å²) in [7, 11) is 0. The summed E-state index contributed by atoms with van der Waals surface area (Å²) in [5, 5.41) is 26.4. The number of alkyl halides is 3. The molecule has 0 aliphatic carbocycles. The van der Waals surface area contributed by atoms with Gasteiger partial charge in [-0.2, -0.15) is 23.3 Å². The number of pyridine rings is 1. The van der Waals surface area contributed by atoms with Gasteiger partial charge in [0.1, 0.15) is 0 Å². The summed E-state index contributed by atoms with van der Waals surface area (Å²) in [6, 6.07) is 6.13. The van der Waals surface area contributed by atoms with Crippen molar-refractivity contribution in [2.45, 2.75) is 12.6 Å². The van der Waals surface area contributed by atoms with Crippen LogP contribution in [-0.2, 0) is 17.4 Å². The van der Waals surface area contributed by atoms with Crippen molar-refractivity contribution in [3.05, 3.63) is 63.4 Å². The number of halogens is 4. The third-order valence-electron chi connectivity index (χ3n) is 5.25. The number of hydrogen-bond acceptors (Lipinski definition) is 7. The number of aromatic amines is 1. The van der Waals surface area contributed by atoms with Gasteiger partial charge < -0.3 is 15.1 Å². The van der Waals surface area contributed by atoms with Gasteiger partial charge in [-0.05, 0) is 41.1 Å². The Balaban J connectivity index is 1.77. The van der Waals surface area contributed by atoms with Crippen molar-refractivity contribution in [3.63, 3.8) is 0 Å². The fraction of sp³-hybridized carbons (Fsp3) is 0.273. The predicted octanol–water partition coefficient (Wildman–Crippen LogP) is 3.50. The molecule has 0 unspecified atom stereocenters. The second-order valence-corrected chi connectivity index (χ2v) is 8.93. The number of nitrogens with zero attached hydrogens (tertiary/aromatic N) is 4. The molecular weight excluding hydrogens is 507 g/mol. The van der Waals surface area contributed by atoms with Gasteiger partial charge in [0.15, 0.2) is 5.17 Å². The molecule has 0 bridgehead atoms. The number of hydrogen-bond donors (Lipinski definition) is 3. The first-order chi connectivity index (χ1) is 16.7. The molecule has 2 aromatic heterocycles. The van der Waals surface area contributed by atoms with Crippen molar-refractivity contribution >= 4 is 50.9 Å². The Labute approximate surface area is 206 Å². The normalized spacial score (nSPS) is 15.6. The van der Waals surface area contributed by atoms with Gasteiger partial charge in [0.25, 0.3) is 5.91 Å². The molecule has 1 aliphatic rings. The maximum absolute atomic E-state index is 13.1. The first-order valence-electron chi connectivity index (χ1n) is 10.4. The molecule has 8 nitrogen and oxygen atoms in total. The first kappa shape index (κ1) is 25.2. The monoisotopic (exact) mass is 525 g/mol. The Kier molecular flexibility index (Phi) is 7.45. The number of thioether (sulfide) groups is 1. The molecule has 0 saturated carbocycles. The predicted molar refractivity (Wildman–Crippen MR) is 127 cm³/mol. The molecule has 13 heteroatoms. The molecule has 0 spiro atoms. The van der Waals surface area contributed by atoms with E-state index in [4.69, 9.17) is 11.6 Å². The highest BCUT2D eigenvalue weighted by atomic mass is 35.5. The molecular formula is C22H19ClF3N5O3S. The zero-order valence-corrected chi connectivity index (χ0v) is 19.6. The minimum absolute atomic E-state index is 0.0306. The summed E-state index contributed by atoms with van der Waals surface area (Å²) in [5.74, 6) is -0.545. The number of carbonyl (C=O) groups is 1. The van der Waals surface area contributed by atoms with Crippen LogP contribution in [0.3, 0.4) is 0 Å². The molecule has 0 atom stereocenters. The zero-order chi connectivity index (χ0) is 25.2. The summed E-state index contributed by atoms with van der Waals surface area (Å²) in [4.78, 5) is 22.8. The molecule has 35 heavy (non-hydrogen) atoms. The Bertz CT molecular complexity index is 1320. The maximum atomic E-state index is 13.1. The van der Waals surface area contributed by atoms with Gasteiger partial charge in [0, 0.05) is 31.1 Å². The standard InChI is InChI=1S/C22H19ClF3N5O3S/c23-16-8-14(22(24,25)26)11-27-18(16)9-15(12-1-2-17-13(7-12)10-28-30-17)19-20(34)29-21(35-19)31(3-5-32)4-6-33/h1-2,7-8,10-11,32-33H,3-6,9H2,(H,28,30). The third kappa shape index (κ3) is 5.50. The largest absolute Gasteiger partial charge is 0.417 e. The quantitative estimate of drug-likeness (QED) is 0.404. The second kappa shape index (κ2) is 10.4. The highest BCUT2D eigenvalue weighted by Gasteiger charge is 2.33. The maximum Gasteiger partial charge on any atom is 0.417 e. The van der Waals surface area contributed by atoms with Crippen LogP contribution in [0.4, 0.5) is 13.2 Å². The number of allylic oxidation sites excluding steroid dienone is 1. The lowest BCUT2D eigenvalue weighted by Gasteiger charge is -2.21. The molecule has 1 aromatic carbocycles. The van der Waals surface area contributed by atoms with Gasteiger partial charge >= 0.3 is 6.18 Å². The van der Waals surface area contributed by atoms with Crippen LogP contribution in [0.2, 0.25) is 5.02 Å². The van der Waals surface area contributed by atoms with Crippen molar-refractivity contribution in [1.82, 2.24) is 20.1 Å². The van der Waals surface area contributed by atoms with E-state index in [-0.39, 0.29) is 48.3 Å². The second-order valence-electron chi connectivity index (χ2n) is 7.54. The average Bonchev–Trinajstić information content (AvgIpc) is 3.43. The Morgan fingerprint density at radius 2 is 1.89 bits per heavy atom. The Morgan fingerprint density at radius 3 is 2.54 bits per heavy atom. The van der Waals surface area contributed by atoms with Crippen LogP contribution in [-0.4, -0.2) is 67.7 Å².